The number of phenols is 1. The predicted octanol–water partition coefficient (Wildman–Crippen LogP) is 3.62. The van der Waals surface area contributed by atoms with Gasteiger partial charge in [0.05, 0.1) is 12.5 Å². The maximum Gasteiger partial charge on any atom is 0.371 e. The lowest BCUT2D eigenvalue weighted by Crippen LogP contribution is -2.00. The van der Waals surface area contributed by atoms with E-state index in [4.69, 9.17) is 13.6 Å². The van der Waals surface area contributed by atoms with Gasteiger partial charge in [0.25, 0.3) is 0 Å². The first-order valence-electron chi connectivity index (χ1n) is 7.58. The van der Waals surface area contributed by atoms with Crippen LogP contribution in [-0.4, -0.2) is 23.3 Å². The molecule has 0 radical (unpaired) electrons. The van der Waals surface area contributed by atoms with Gasteiger partial charge in [0, 0.05) is 17.7 Å². The van der Waals surface area contributed by atoms with Crippen LogP contribution in [-0.2, 0) is 0 Å². The highest BCUT2D eigenvalue weighted by molar-refractivity contribution is 6.07. The second kappa shape index (κ2) is 5.66. The lowest BCUT2D eigenvalue weighted by Gasteiger charge is -2.10. The molecule has 4 aromatic rings. The van der Waals surface area contributed by atoms with Gasteiger partial charge >= 0.3 is 5.97 Å². The smallest absolute Gasteiger partial charge is 0.371 e. The van der Waals surface area contributed by atoms with Crippen LogP contribution in [0.5, 0.6) is 11.5 Å². The van der Waals surface area contributed by atoms with Crippen molar-refractivity contribution in [3.05, 3.63) is 58.4 Å². The van der Waals surface area contributed by atoms with E-state index >= 15 is 0 Å². The van der Waals surface area contributed by atoms with Crippen LogP contribution in [0.4, 0.5) is 0 Å². The molecule has 7 heteroatoms. The van der Waals surface area contributed by atoms with Crippen molar-refractivity contribution in [2.45, 2.75) is 0 Å². The molecule has 0 atom stereocenters. The number of aromatic carboxylic acids is 1. The van der Waals surface area contributed by atoms with Gasteiger partial charge in [0.1, 0.15) is 16.9 Å². The van der Waals surface area contributed by atoms with Crippen molar-refractivity contribution >= 4 is 27.9 Å². The Hall–Kier alpha value is -3.74. The number of rotatable bonds is 3. The van der Waals surface area contributed by atoms with Gasteiger partial charge in [-0.3, -0.25) is 4.79 Å². The van der Waals surface area contributed by atoms with Crippen LogP contribution in [0.1, 0.15) is 10.6 Å². The van der Waals surface area contributed by atoms with Crippen LogP contribution in [0.25, 0.3) is 33.3 Å². The van der Waals surface area contributed by atoms with Crippen molar-refractivity contribution < 1.29 is 28.6 Å². The van der Waals surface area contributed by atoms with E-state index in [0.717, 1.165) is 0 Å². The molecule has 2 heterocycles. The Labute approximate surface area is 145 Å². The fraction of sp³-hybridized carbons (Fsp3) is 0.0526. The summed E-state index contributed by atoms with van der Waals surface area (Å²) in [5.74, 6) is -0.914. The van der Waals surface area contributed by atoms with Gasteiger partial charge in [-0.15, -0.1) is 0 Å². The lowest BCUT2D eigenvalue weighted by atomic mass is 10.1. The highest BCUT2D eigenvalue weighted by atomic mass is 16.5. The SMILES string of the molecule is COc1cc(-c2cc3cc(C(=O)O)oc4cc(=O)cc(o2)c34)ccc1O. The van der Waals surface area contributed by atoms with Crippen molar-refractivity contribution in [3.8, 4) is 22.8 Å². The molecule has 0 fully saturated rings. The topological polar surface area (TPSA) is 110 Å². The fourth-order valence-electron chi connectivity index (χ4n) is 2.85. The molecule has 26 heavy (non-hydrogen) atoms. The van der Waals surface area contributed by atoms with E-state index in [9.17, 15) is 19.8 Å². The van der Waals surface area contributed by atoms with Gasteiger partial charge < -0.3 is 23.8 Å². The molecule has 2 aromatic carbocycles. The highest BCUT2D eigenvalue weighted by Crippen LogP contribution is 2.35. The third-order valence-electron chi connectivity index (χ3n) is 4.02. The molecule has 0 aliphatic heterocycles. The zero-order chi connectivity index (χ0) is 18.4. The van der Waals surface area contributed by atoms with Crippen LogP contribution in [0.15, 0.2) is 56.1 Å². The molecule has 2 N–H and O–H groups in total. The van der Waals surface area contributed by atoms with Crippen molar-refractivity contribution in [3.63, 3.8) is 0 Å². The molecule has 4 rings (SSSR count). The number of carboxylic acids is 1. The molecule has 2 aromatic heterocycles. The third kappa shape index (κ3) is 2.46. The molecule has 0 unspecified atom stereocenters. The van der Waals surface area contributed by atoms with Gasteiger partial charge in [-0.05, 0) is 35.7 Å². The number of carboxylic acid groups (broad SMARTS) is 1. The largest absolute Gasteiger partial charge is 0.504 e. The standard InChI is InChI=1S/C19H12O7/c1-24-14-4-9(2-3-12(14)21)13-5-10-6-17(19(22)23)26-16-8-11(20)7-15(25-13)18(10)16/h2-8,21H,1H3,(H,22,23). The molecule has 0 aliphatic rings. The number of carbonyl (C=O) groups is 1. The number of methoxy groups -OCH3 is 1. The molecule has 0 aliphatic carbocycles. The first-order valence-corrected chi connectivity index (χ1v) is 7.58. The van der Waals surface area contributed by atoms with Crippen LogP contribution >= 0.6 is 0 Å². The molecule has 0 saturated carbocycles. The Bertz CT molecular complexity index is 1230. The van der Waals surface area contributed by atoms with E-state index in [2.05, 4.69) is 0 Å². The normalized spacial score (nSPS) is 11.1. The first kappa shape index (κ1) is 15.8. The van der Waals surface area contributed by atoms with Gasteiger partial charge in [-0.1, -0.05) is 0 Å². The third-order valence-corrected chi connectivity index (χ3v) is 4.02. The average Bonchev–Trinajstić information content (AvgIpc) is 2.61. The van der Waals surface area contributed by atoms with Crippen molar-refractivity contribution in [1.82, 2.24) is 0 Å². The second-order valence-electron chi connectivity index (χ2n) is 5.66. The van der Waals surface area contributed by atoms with Crippen molar-refractivity contribution in [1.29, 1.82) is 0 Å². The van der Waals surface area contributed by atoms with E-state index in [1.807, 2.05) is 0 Å². The van der Waals surface area contributed by atoms with Gasteiger partial charge in [-0.2, -0.15) is 0 Å². The Morgan fingerprint density at radius 3 is 2.46 bits per heavy atom. The Morgan fingerprint density at radius 1 is 1.04 bits per heavy atom. The summed E-state index contributed by atoms with van der Waals surface area (Å²) in [5, 5.41) is 20.0. The molecule has 0 bridgehead atoms. The zero-order valence-electron chi connectivity index (χ0n) is 13.5. The van der Waals surface area contributed by atoms with Gasteiger partial charge in [0.15, 0.2) is 16.9 Å². The summed E-state index contributed by atoms with van der Waals surface area (Å²) >= 11 is 0. The zero-order valence-corrected chi connectivity index (χ0v) is 13.5. The summed E-state index contributed by atoms with van der Waals surface area (Å²) in [7, 11) is 1.43. The van der Waals surface area contributed by atoms with E-state index in [1.165, 1.54) is 31.4 Å². The summed E-state index contributed by atoms with van der Waals surface area (Å²) in [5.41, 5.74) is 0.635. The molecule has 7 nitrogen and oxygen atoms in total. The van der Waals surface area contributed by atoms with E-state index in [1.54, 1.807) is 18.2 Å². The number of phenolic OH excluding ortho intramolecular Hbond substituents is 1. The minimum atomic E-state index is -1.24. The van der Waals surface area contributed by atoms with E-state index in [0.29, 0.717) is 22.1 Å². The maximum absolute atomic E-state index is 11.9. The number of benzene rings is 2. The number of hydrogen-bond acceptors (Lipinski definition) is 6. The maximum atomic E-state index is 11.9. The number of aromatic hydroxyl groups is 1. The minimum absolute atomic E-state index is 0.0241. The average molecular weight is 352 g/mol. The van der Waals surface area contributed by atoms with Crippen LogP contribution in [0.3, 0.4) is 0 Å². The fourth-order valence-corrected chi connectivity index (χ4v) is 2.85. The second-order valence-corrected chi connectivity index (χ2v) is 5.66. The molecular formula is C19H12O7. The van der Waals surface area contributed by atoms with E-state index in [-0.39, 0.29) is 33.9 Å². The molecule has 0 saturated heterocycles. The summed E-state index contributed by atoms with van der Waals surface area (Å²) in [4.78, 5) is 23.2. The first-order chi connectivity index (χ1) is 12.5. The highest BCUT2D eigenvalue weighted by Gasteiger charge is 2.16. The van der Waals surface area contributed by atoms with Gasteiger partial charge in [-0.25, -0.2) is 4.79 Å². The Balaban J connectivity index is 2.06. The van der Waals surface area contributed by atoms with Crippen LogP contribution in [0, 0.1) is 0 Å². The molecule has 0 spiro atoms. The number of ether oxygens (including phenoxy) is 1. The molecular weight excluding hydrogens is 340 g/mol. The Kier molecular flexibility index (Phi) is 3.43. The quantitative estimate of drug-likeness (QED) is 0.579. The summed E-state index contributed by atoms with van der Waals surface area (Å²) < 4.78 is 16.2. The van der Waals surface area contributed by atoms with Crippen molar-refractivity contribution in [2.24, 2.45) is 0 Å². The van der Waals surface area contributed by atoms with Gasteiger partial charge in [0.2, 0.25) is 5.76 Å². The van der Waals surface area contributed by atoms with Crippen molar-refractivity contribution in [2.75, 3.05) is 7.11 Å². The molecule has 130 valence electrons. The van der Waals surface area contributed by atoms with Crippen LogP contribution < -0.4 is 10.2 Å². The minimum Gasteiger partial charge on any atom is -0.504 e. The molecule has 0 amide bonds. The summed E-state index contributed by atoms with van der Waals surface area (Å²) in [6.07, 6.45) is 0. The van der Waals surface area contributed by atoms with Crippen LogP contribution in [0.2, 0.25) is 0 Å². The lowest BCUT2D eigenvalue weighted by molar-refractivity contribution is 0.0663. The Morgan fingerprint density at radius 2 is 1.77 bits per heavy atom. The summed E-state index contributed by atoms with van der Waals surface area (Å²) in [6.45, 7) is 0. The monoisotopic (exact) mass is 352 g/mol. The predicted molar refractivity (Wildman–Crippen MR) is 92.9 cm³/mol. The van der Waals surface area contributed by atoms with E-state index < -0.39 is 5.97 Å². The number of hydrogen-bond donors (Lipinski definition) is 2. The summed E-state index contributed by atoms with van der Waals surface area (Å²) in [6, 6.07) is 10.2.